The molecule has 0 spiro atoms. The zero-order valence-electron chi connectivity index (χ0n) is 14.5. The van der Waals surface area contributed by atoms with Crippen molar-refractivity contribution in [2.24, 2.45) is 0 Å². The number of carbonyl (C=O) groups is 2. The van der Waals surface area contributed by atoms with E-state index in [4.69, 9.17) is 9.47 Å². The molecule has 0 saturated carbocycles. The topological polar surface area (TPSA) is 52.6 Å². The van der Waals surface area contributed by atoms with Gasteiger partial charge in [-0.15, -0.1) is 0 Å². The summed E-state index contributed by atoms with van der Waals surface area (Å²) in [6, 6.07) is 11.8. The number of aryl methyl sites for hydroxylation is 2. The second-order valence-corrected chi connectivity index (χ2v) is 5.93. The van der Waals surface area contributed by atoms with E-state index in [1.165, 1.54) is 12.5 Å². The van der Waals surface area contributed by atoms with Crippen molar-refractivity contribution in [3.05, 3.63) is 58.7 Å². The number of ketones is 1. The first-order valence-corrected chi connectivity index (χ1v) is 7.82. The molecule has 0 unspecified atom stereocenters. The van der Waals surface area contributed by atoms with Crippen molar-refractivity contribution in [1.29, 1.82) is 0 Å². The molecule has 4 heteroatoms. The Morgan fingerprint density at radius 3 is 1.92 bits per heavy atom. The number of hydrogen-bond donors (Lipinski definition) is 0. The highest BCUT2D eigenvalue weighted by atomic mass is 16.5. The summed E-state index contributed by atoms with van der Waals surface area (Å²) in [6.07, 6.45) is 0.583. The molecule has 2 aromatic carbocycles. The first-order valence-electron chi connectivity index (χ1n) is 7.82. The molecule has 0 aromatic heterocycles. The molecule has 0 bridgehead atoms. The van der Waals surface area contributed by atoms with Crippen LogP contribution in [0.4, 0.5) is 0 Å². The number of rotatable bonds is 6. The number of carbonyl (C=O) groups excluding carboxylic acids is 2. The average molecular weight is 326 g/mol. The molecule has 0 radical (unpaired) electrons. The number of methoxy groups -OCH3 is 1. The molecule has 0 atom stereocenters. The molecular formula is C20H22O4. The first kappa shape index (κ1) is 17.7. The highest BCUT2D eigenvalue weighted by Gasteiger charge is 2.10. The van der Waals surface area contributed by atoms with Gasteiger partial charge in [0.05, 0.1) is 7.11 Å². The number of Topliss-reactive ketones (excluding diaryl/α,β-unsaturated/α-hetero) is 1. The number of ether oxygens (including phenoxy) is 2. The van der Waals surface area contributed by atoms with Crippen LogP contribution in [0.5, 0.6) is 11.5 Å². The lowest BCUT2D eigenvalue weighted by Crippen LogP contribution is -2.12. The van der Waals surface area contributed by atoms with Gasteiger partial charge in [-0.2, -0.15) is 0 Å². The summed E-state index contributed by atoms with van der Waals surface area (Å²) in [5.41, 5.74) is 4.29. The van der Waals surface area contributed by atoms with Crippen LogP contribution >= 0.6 is 0 Å². The monoisotopic (exact) mass is 326 g/mol. The number of hydrogen-bond acceptors (Lipinski definition) is 4. The third-order valence-electron chi connectivity index (χ3n) is 3.72. The van der Waals surface area contributed by atoms with Crippen LogP contribution in [-0.2, 0) is 16.0 Å². The third-order valence-corrected chi connectivity index (χ3v) is 3.72. The average Bonchev–Trinajstić information content (AvgIpc) is 2.49. The largest absolute Gasteiger partial charge is 0.496 e. The Bertz CT molecular complexity index is 762. The second-order valence-electron chi connectivity index (χ2n) is 5.93. The molecule has 0 aliphatic heterocycles. The predicted molar refractivity (Wildman–Crippen MR) is 92.6 cm³/mol. The van der Waals surface area contributed by atoms with Crippen LogP contribution in [0, 0.1) is 13.8 Å². The Morgan fingerprint density at radius 1 is 0.917 bits per heavy atom. The standard InChI is InChI=1S/C20H22O4/c1-13-9-16(5-7-18(13)23-4)12-17-6-8-19(14(2)10-17)24-20(22)11-15(3)21/h5-10H,11-12H2,1-4H3. The molecule has 4 nitrogen and oxygen atoms in total. The van der Waals surface area contributed by atoms with Gasteiger partial charge < -0.3 is 9.47 Å². The van der Waals surface area contributed by atoms with Crippen LogP contribution in [0.15, 0.2) is 36.4 Å². The third kappa shape index (κ3) is 4.69. The van der Waals surface area contributed by atoms with Gasteiger partial charge in [-0.1, -0.05) is 24.3 Å². The van der Waals surface area contributed by atoms with Crippen LogP contribution in [-0.4, -0.2) is 18.9 Å². The van der Waals surface area contributed by atoms with Gasteiger partial charge in [-0.25, -0.2) is 0 Å². The molecule has 0 aliphatic carbocycles. The minimum atomic E-state index is -0.524. The SMILES string of the molecule is COc1ccc(Cc2ccc(OC(=O)CC(C)=O)c(C)c2)cc1C. The molecule has 2 rings (SSSR count). The summed E-state index contributed by atoms with van der Waals surface area (Å²) >= 11 is 0. The van der Waals surface area contributed by atoms with Crippen molar-refractivity contribution in [2.45, 2.75) is 33.6 Å². The second kappa shape index (κ2) is 7.77. The molecule has 2 aromatic rings. The fraction of sp³-hybridized carbons (Fsp3) is 0.300. The Labute approximate surface area is 142 Å². The van der Waals surface area contributed by atoms with Gasteiger partial charge >= 0.3 is 5.97 Å². The number of esters is 1. The molecule has 0 saturated heterocycles. The van der Waals surface area contributed by atoms with E-state index in [1.54, 1.807) is 13.2 Å². The van der Waals surface area contributed by atoms with E-state index >= 15 is 0 Å². The summed E-state index contributed by atoms with van der Waals surface area (Å²) in [4.78, 5) is 22.5. The normalized spacial score (nSPS) is 10.3. The maximum Gasteiger partial charge on any atom is 0.318 e. The lowest BCUT2D eigenvalue weighted by atomic mass is 10.0. The fourth-order valence-electron chi connectivity index (χ4n) is 2.58. The molecule has 0 aliphatic rings. The molecule has 24 heavy (non-hydrogen) atoms. The maximum absolute atomic E-state index is 11.6. The van der Waals surface area contributed by atoms with Crippen molar-refractivity contribution in [2.75, 3.05) is 7.11 Å². The summed E-state index contributed by atoms with van der Waals surface area (Å²) in [5.74, 6) is 0.645. The minimum Gasteiger partial charge on any atom is -0.496 e. The summed E-state index contributed by atoms with van der Waals surface area (Å²) < 4.78 is 10.5. The van der Waals surface area contributed by atoms with Crippen molar-refractivity contribution in [1.82, 2.24) is 0 Å². The van der Waals surface area contributed by atoms with Crippen LogP contribution in [0.25, 0.3) is 0 Å². The van der Waals surface area contributed by atoms with E-state index in [9.17, 15) is 9.59 Å². The van der Waals surface area contributed by atoms with E-state index in [0.717, 1.165) is 28.9 Å². The molecule has 0 N–H and O–H groups in total. The Morgan fingerprint density at radius 2 is 1.46 bits per heavy atom. The molecular weight excluding hydrogens is 304 g/mol. The summed E-state index contributed by atoms with van der Waals surface area (Å²) in [6.45, 7) is 5.28. The zero-order valence-corrected chi connectivity index (χ0v) is 14.5. The van der Waals surface area contributed by atoms with Gasteiger partial charge in [0.15, 0.2) is 0 Å². The van der Waals surface area contributed by atoms with Crippen molar-refractivity contribution >= 4 is 11.8 Å². The van der Waals surface area contributed by atoms with Crippen molar-refractivity contribution in [3.63, 3.8) is 0 Å². The van der Waals surface area contributed by atoms with Crippen LogP contribution in [0.1, 0.15) is 35.6 Å². The highest BCUT2D eigenvalue weighted by molar-refractivity contribution is 5.95. The van der Waals surface area contributed by atoms with E-state index in [2.05, 4.69) is 6.07 Å². The maximum atomic E-state index is 11.6. The first-order chi connectivity index (χ1) is 11.4. The van der Waals surface area contributed by atoms with E-state index in [-0.39, 0.29) is 12.2 Å². The highest BCUT2D eigenvalue weighted by Crippen LogP contribution is 2.24. The van der Waals surface area contributed by atoms with Gasteiger partial charge in [-0.3, -0.25) is 9.59 Å². The smallest absolute Gasteiger partial charge is 0.318 e. The zero-order chi connectivity index (χ0) is 17.7. The fourth-order valence-corrected chi connectivity index (χ4v) is 2.58. The van der Waals surface area contributed by atoms with E-state index < -0.39 is 5.97 Å². The van der Waals surface area contributed by atoms with E-state index in [1.807, 2.05) is 38.1 Å². The van der Waals surface area contributed by atoms with Gasteiger partial charge in [0.1, 0.15) is 23.7 Å². The molecule has 0 heterocycles. The molecule has 0 fully saturated rings. The van der Waals surface area contributed by atoms with Crippen molar-refractivity contribution in [3.8, 4) is 11.5 Å². The predicted octanol–water partition coefficient (Wildman–Crippen LogP) is 3.79. The van der Waals surface area contributed by atoms with Gasteiger partial charge in [0, 0.05) is 0 Å². The molecule has 0 amide bonds. The van der Waals surface area contributed by atoms with Gasteiger partial charge in [-0.05, 0) is 61.6 Å². The molecule has 126 valence electrons. The van der Waals surface area contributed by atoms with Crippen molar-refractivity contribution < 1.29 is 19.1 Å². The van der Waals surface area contributed by atoms with Crippen LogP contribution in [0.3, 0.4) is 0 Å². The van der Waals surface area contributed by atoms with Gasteiger partial charge in [0.25, 0.3) is 0 Å². The lowest BCUT2D eigenvalue weighted by molar-refractivity contribution is -0.137. The Balaban J connectivity index is 2.10. The van der Waals surface area contributed by atoms with Gasteiger partial charge in [0.2, 0.25) is 0 Å². The lowest BCUT2D eigenvalue weighted by Gasteiger charge is -2.10. The summed E-state index contributed by atoms with van der Waals surface area (Å²) in [5, 5.41) is 0. The Kier molecular flexibility index (Phi) is 5.74. The van der Waals surface area contributed by atoms with Crippen LogP contribution < -0.4 is 9.47 Å². The quantitative estimate of drug-likeness (QED) is 0.460. The van der Waals surface area contributed by atoms with Crippen LogP contribution in [0.2, 0.25) is 0 Å². The Hall–Kier alpha value is -2.62. The van der Waals surface area contributed by atoms with E-state index in [0.29, 0.717) is 5.75 Å². The summed E-state index contributed by atoms with van der Waals surface area (Å²) in [7, 11) is 1.66. The minimum absolute atomic E-state index is 0.202. The number of benzene rings is 2.